The number of hydrogen-bond donors (Lipinski definition) is 3. The molecule has 94 valence electrons. The molecule has 0 aromatic rings. The van der Waals surface area contributed by atoms with Gasteiger partial charge in [0.2, 0.25) is 5.91 Å². The van der Waals surface area contributed by atoms with Gasteiger partial charge in [0.1, 0.15) is 6.04 Å². The Morgan fingerprint density at radius 2 is 1.94 bits per heavy atom. The lowest BCUT2D eigenvalue weighted by Gasteiger charge is -2.13. The van der Waals surface area contributed by atoms with Crippen molar-refractivity contribution in [2.24, 2.45) is 0 Å². The van der Waals surface area contributed by atoms with Gasteiger partial charge in [-0.25, -0.2) is 4.79 Å². The number of carboxylic acids is 1. The molecule has 0 heterocycles. The first kappa shape index (κ1) is 14.9. The Labute approximate surface area is 96.6 Å². The Hall–Kier alpha value is -1.10. The Kier molecular flexibility index (Phi) is 8.52. The van der Waals surface area contributed by atoms with E-state index in [1.807, 2.05) is 0 Å². The number of unbranched alkanes of at least 4 members (excludes halogenated alkanes) is 3. The molecule has 0 aliphatic carbocycles. The highest BCUT2D eigenvalue weighted by molar-refractivity contribution is 5.82. The van der Waals surface area contributed by atoms with Crippen molar-refractivity contribution < 1.29 is 14.7 Å². The number of aliphatic carboxylic acids is 1. The first-order chi connectivity index (χ1) is 7.57. The van der Waals surface area contributed by atoms with Crippen LogP contribution in [-0.4, -0.2) is 36.1 Å². The standard InChI is InChI=1S/C11H22N2O3/c1-3-4-5-6-7-12-8-10(11(15)16)13-9(2)14/h10,12H,3-8H2,1-2H3,(H,13,14)(H,15,16). The van der Waals surface area contributed by atoms with Gasteiger partial charge in [0.05, 0.1) is 0 Å². The fourth-order valence-electron chi connectivity index (χ4n) is 1.37. The van der Waals surface area contributed by atoms with Crippen LogP contribution >= 0.6 is 0 Å². The van der Waals surface area contributed by atoms with Gasteiger partial charge in [-0.1, -0.05) is 26.2 Å². The molecule has 16 heavy (non-hydrogen) atoms. The molecule has 1 atom stereocenters. The van der Waals surface area contributed by atoms with Crippen LogP contribution in [0, 0.1) is 0 Å². The lowest BCUT2D eigenvalue weighted by atomic mass is 10.2. The maximum Gasteiger partial charge on any atom is 0.327 e. The number of rotatable bonds is 9. The Morgan fingerprint density at radius 1 is 1.25 bits per heavy atom. The second-order valence-electron chi connectivity index (χ2n) is 3.86. The number of carbonyl (C=O) groups is 2. The summed E-state index contributed by atoms with van der Waals surface area (Å²) in [5.74, 6) is -1.32. The SMILES string of the molecule is CCCCCCNCC(NC(C)=O)C(=O)O. The van der Waals surface area contributed by atoms with Crippen LogP contribution in [0.5, 0.6) is 0 Å². The summed E-state index contributed by atoms with van der Waals surface area (Å²) in [5, 5.41) is 14.2. The Balaban J connectivity index is 3.60. The van der Waals surface area contributed by atoms with Crippen molar-refractivity contribution in [1.82, 2.24) is 10.6 Å². The molecule has 1 unspecified atom stereocenters. The first-order valence-corrected chi connectivity index (χ1v) is 5.78. The molecule has 5 heteroatoms. The predicted octanol–water partition coefficient (Wildman–Crippen LogP) is 0.746. The fraction of sp³-hybridized carbons (Fsp3) is 0.818. The number of hydrogen-bond acceptors (Lipinski definition) is 3. The van der Waals surface area contributed by atoms with Crippen molar-refractivity contribution >= 4 is 11.9 Å². The molecule has 0 saturated heterocycles. The molecule has 0 aromatic heterocycles. The van der Waals surface area contributed by atoms with Crippen molar-refractivity contribution in [3.8, 4) is 0 Å². The van der Waals surface area contributed by atoms with Crippen molar-refractivity contribution in [1.29, 1.82) is 0 Å². The molecule has 0 fully saturated rings. The third kappa shape index (κ3) is 8.23. The molecule has 1 amide bonds. The van der Waals surface area contributed by atoms with E-state index in [2.05, 4.69) is 17.6 Å². The third-order valence-corrected chi connectivity index (χ3v) is 2.23. The zero-order valence-electron chi connectivity index (χ0n) is 10.1. The number of carbonyl (C=O) groups excluding carboxylic acids is 1. The Morgan fingerprint density at radius 3 is 2.44 bits per heavy atom. The molecule has 0 aromatic carbocycles. The van der Waals surface area contributed by atoms with Gasteiger partial charge >= 0.3 is 5.97 Å². The fourth-order valence-corrected chi connectivity index (χ4v) is 1.37. The topological polar surface area (TPSA) is 78.4 Å². The molecule has 0 aliphatic heterocycles. The largest absolute Gasteiger partial charge is 0.480 e. The van der Waals surface area contributed by atoms with Gasteiger partial charge < -0.3 is 15.7 Å². The highest BCUT2D eigenvalue weighted by atomic mass is 16.4. The Bertz CT molecular complexity index is 219. The minimum Gasteiger partial charge on any atom is -0.480 e. The molecule has 0 saturated carbocycles. The molecule has 0 aliphatic rings. The van der Waals surface area contributed by atoms with Crippen LogP contribution in [0.1, 0.15) is 39.5 Å². The average molecular weight is 230 g/mol. The number of carboxylic acid groups (broad SMARTS) is 1. The zero-order chi connectivity index (χ0) is 12.4. The van der Waals surface area contributed by atoms with E-state index >= 15 is 0 Å². The third-order valence-electron chi connectivity index (χ3n) is 2.23. The van der Waals surface area contributed by atoms with E-state index in [9.17, 15) is 9.59 Å². The molecule has 0 rings (SSSR count). The zero-order valence-corrected chi connectivity index (χ0v) is 10.1. The quantitative estimate of drug-likeness (QED) is 0.511. The lowest BCUT2D eigenvalue weighted by Crippen LogP contribution is -2.46. The molecule has 0 radical (unpaired) electrons. The summed E-state index contributed by atoms with van der Waals surface area (Å²) >= 11 is 0. The molecular weight excluding hydrogens is 208 g/mol. The molecule has 0 bridgehead atoms. The van der Waals surface area contributed by atoms with Gasteiger partial charge in [-0.3, -0.25) is 4.79 Å². The number of nitrogens with one attached hydrogen (secondary N) is 2. The minimum atomic E-state index is -1.00. The van der Waals surface area contributed by atoms with Gasteiger partial charge in [-0.2, -0.15) is 0 Å². The van der Waals surface area contributed by atoms with Crippen LogP contribution in [0.15, 0.2) is 0 Å². The van der Waals surface area contributed by atoms with E-state index in [4.69, 9.17) is 5.11 Å². The van der Waals surface area contributed by atoms with Crippen LogP contribution in [0.3, 0.4) is 0 Å². The molecule has 3 N–H and O–H groups in total. The first-order valence-electron chi connectivity index (χ1n) is 5.78. The second kappa shape index (κ2) is 9.15. The van der Waals surface area contributed by atoms with Gasteiger partial charge in [-0.15, -0.1) is 0 Å². The van der Waals surface area contributed by atoms with Crippen LogP contribution in [-0.2, 0) is 9.59 Å². The van der Waals surface area contributed by atoms with E-state index < -0.39 is 12.0 Å². The monoisotopic (exact) mass is 230 g/mol. The number of amides is 1. The average Bonchev–Trinajstić information content (AvgIpc) is 2.20. The summed E-state index contributed by atoms with van der Waals surface area (Å²) in [6.07, 6.45) is 4.58. The lowest BCUT2D eigenvalue weighted by molar-refractivity contribution is -0.141. The van der Waals surface area contributed by atoms with Gasteiger partial charge in [0, 0.05) is 13.5 Å². The summed E-state index contributed by atoms with van der Waals surface area (Å²) in [4.78, 5) is 21.5. The molecular formula is C11H22N2O3. The molecule has 0 spiro atoms. The highest BCUT2D eigenvalue weighted by Crippen LogP contribution is 1.96. The van der Waals surface area contributed by atoms with Crippen LogP contribution in [0.25, 0.3) is 0 Å². The second-order valence-corrected chi connectivity index (χ2v) is 3.86. The van der Waals surface area contributed by atoms with Crippen LogP contribution in [0.2, 0.25) is 0 Å². The maximum absolute atomic E-state index is 10.7. The van der Waals surface area contributed by atoms with Crippen molar-refractivity contribution in [3.05, 3.63) is 0 Å². The molecule has 5 nitrogen and oxygen atoms in total. The van der Waals surface area contributed by atoms with Gasteiger partial charge in [0.15, 0.2) is 0 Å². The van der Waals surface area contributed by atoms with Crippen LogP contribution in [0.4, 0.5) is 0 Å². The van der Waals surface area contributed by atoms with Crippen LogP contribution < -0.4 is 10.6 Å². The van der Waals surface area contributed by atoms with E-state index in [1.165, 1.54) is 19.8 Å². The van der Waals surface area contributed by atoms with Crippen molar-refractivity contribution in [2.75, 3.05) is 13.1 Å². The predicted molar refractivity (Wildman–Crippen MR) is 62.3 cm³/mol. The van der Waals surface area contributed by atoms with E-state index in [1.54, 1.807) is 0 Å². The summed E-state index contributed by atoms with van der Waals surface area (Å²) in [7, 11) is 0. The van der Waals surface area contributed by atoms with E-state index in [0.717, 1.165) is 19.4 Å². The summed E-state index contributed by atoms with van der Waals surface area (Å²) in [5.41, 5.74) is 0. The smallest absolute Gasteiger partial charge is 0.327 e. The summed E-state index contributed by atoms with van der Waals surface area (Å²) in [6, 6.07) is -0.830. The summed E-state index contributed by atoms with van der Waals surface area (Å²) in [6.45, 7) is 4.53. The van der Waals surface area contributed by atoms with Crippen molar-refractivity contribution in [2.45, 2.75) is 45.6 Å². The van der Waals surface area contributed by atoms with Gasteiger partial charge in [-0.05, 0) is 13.0 Å². The van der Waals surface area contributed by atoms with E-state index in [0.29, 0.717) is 0 Å². The minimum absolute atomic E-state index is 0.279. The van der Waals surface area contributed by atoms with Crippen molar-refractivity contribution in [3.63, 3.8) is 0 Å². The highest BCUT2D eigenvalue weighted by Gasteiger charge is 2.16. The van der Waals surface area contributed by atoms with E-state index in [-0.39, 0.29) is 12.5 Å². The van der Waals surface area contributed by atoms with Gasteiger partial charge in [0.25, 0.3) is 0 Å². The summed E-state index contributed by atoms with van der Waals surface area (Å²) < 4.78 is 0. The normalized spacial score (nSPS) is 12.1. The maximum atomic E-state index is 10.7.